The van der Waals surface area contributed by atoms with E-state index in [-0.39, 0.29) is 101 Å². The Kier molecular flexibility index (Phi) is 39.3. The molecule has 0 unspecified atom stereocenters. The molecule has 670 valence electrons. The topological polar surface area (TPSA) is 336 Å². The summed E-state index contributed by atoms with van der Waals surface area (Å²) in [5, 5.41) is 16.8. The van der Waals surface area contributed by atoms with Crippen LogP contribution in [0.1, 0.15) is 97.8 Å². The molecule has 1 aliphatic heterocycles. The number of hydrogen-bond acceptors (Lipinski definition) is 20. The van der Waals surface area contributed by atoms with Gasteiger partial charge in [-0.25, -0.2) is 34.4 Å². The number of imidazole rings is 2. The number of benzene rings is 7. The normalized spacial score (nSPS) is 11.6. The van der Waals surface area contributed by atoms with Gasteiger partial charge in [0, 0.05) is 127 Å². The lowest BCUT2D eigenvalue weighted by atomic mass is 10.0. The van der Waals surface area contributed by atoms with Crippen LogP contribution in [0.4, 0.5) is 18.4 Å². The SMILES string of the molecule is C#CCOc1ccc(COC(=O)NCCc2cnc[nH]2)cc1.C#CCOc1ccc(CONC(=O)/C=C/c2ccc(CCCCc3c(C)[nH]c4ccccc34)cc2)cc1.C#CCOc1ccccc1COC(=O)NCCc1cnc[nH]1.C#CCOc1ncc(F)c(OCC#C)n1.C#CCOc1nnc(Cc2ccc(F)c(C(=O)N3CCN(C(=O)C4CC4)CC3)c2)c2ccccc12. The van der Waals surface area contributed by atoms with E-state index in [1.807, 2.05) is 95.9 Å². The number of hydroxylamine groups is 1. The Labute approximate surface area is 758 Å². The van der Waals surface area contributed by atoms with Crippen molar-refractivity contribution in [2.75, 3.05) is 78.9 Å². The van der Waals surface area contributed by atoms with Crippen molar-refractivity contribution in [3.63, 3.8) is 0 Å². The lowest BCUT2D eigenvalue weighted by Gasteiger charge is -2.35. The number of aryl methyl sites for hydroxylation is 3. The van der Waals surface area contributed by atoms with Gasteiger partial charge in [-0.15, -0.1) is 43.6 Å². The number of carbonyl (C=O) groups is 5. The van der Waals surface area contributed by atoms with E-state index in [1.54, 1.807) is 66.4 Å². The fourth-order valence-corrected chi connectivity index (χ4v) is 12.9. The Hall–Kier alpha value is -16.4. The maximum absolute atomic E-state index is 14.7. The molecule has 30 heteroatoms. The highest BCUT2D eigenvalue weighted by Crippen LogP contribution is 2.33. The number of aromatic amines is 3. The average Bonchev–Trinajstić information content (AvgIpc) is 1.55. The first kappa shape index (κ1) is 96.8. The number of rotatable bonds is 36. The van der Waals surface area contributed by atoms with E-state index in [4.69, 9.17) is 81.3 Å². The number of hydrogen-bond donors (Lipinski definition) is 6. The molecule has 2 fully saturated rings. The number of fused-ring (bicyclic) bond motifs is 2. The summed E-state index contributed by atoms with van der Waals surface area (Å²) in [6.45, 7) is 6.10. The van der Waals surface area contributed by atoms with Crippen LogP contribution >= 0.6 is 0 Å². The molecule has 28 nitrogen and oxygen atoms in total. The van der Waals surface area contributed by atoms with Gasteiger partial charge in [-0.1, -0.05) is 145 Å². The number of terminal acetylenes is 6. The molecule has 1 aliphatic carbocycles. The third-order valence-corrected chi connectivity index (χ3v) is 19.7. The molecule has 0 bridgehead atoms. The van der Waals surface area contributed by atoms with Crippen molar-refractivity contribution in [1.82, 2.24) is 71.0 Å². The van der Waals surface area contributed by atoms with E-state index >= 15 is 0 Å². The van der Waals surface area contributed by atoms with Gasteiger partial charge in [0.1, 0.15) is 56.1 Å². The number of aromatic nitrogens is 9. The van der Waals surface area contributed by atoms with Crippen molar-refractivity contribution in [2.45, 2.75) is 84.5 Å². The number of nitrogens with zero attached hydrogens (tertiary/aromatic N) is 8. The van der Waals surface area contributed by atoms with Crippen LogP contribution in [0.2, 0.25) is 0 Å². The van der Waals surface area contributed by atoms with Gasteiger partial charge in [-0.05, 0) is 140 Å². The first-order chi connectivity index (χ1) is 64.0. The van der Waals surface area contributed by atoms with Gasteiger partial charge in [-0.2, -0.15) is 14.5 Å². The Morgan fingerprint density at radius 2 is 1.07 bits per heavy atom. The number of para-hydroxylation sites is 2. The molecule has 0 radical (unpaired) electrons. The third kappa shape index (κ3) is 32.5. The van der Waals surface area contributed by atoms with E-state index in [1.165, 1.54) is 39.9 Å². The molecule has 5 amide bonds. The van der Waals surface area contributed by atoms with Crippen molar-refractivity contribution >= 4 is 57.7 Å². The Bertz CT molecular complexity index is 6000. The van der Waals surface area contributed by atoms with Crippen molar-refractivity contribution in [3.8, 4) is 109 Å². The number of piperazine rings is 1. The fourth-order valence-electron chi connectivity index (χ4n) is 12.9. The van der Waals surface area contributed by atoms with Gasteiger partial charge in [0.2, 0.25) is 17.6 Å². The number of H-pyrrole nitrogens is 3. The van der Waals surface area contributed by atoms with Gasteiger partial charge in [-0.3, -0.25) is 19.2 Å². The Morgan fingerprint density at radius 3 is 1.69 bits per heavy atom. The number of nitrogens with one attached hydrogen (secondary N) is 6. The Balaban J connectivity index is 0.000000176. The molecule has 12 aromatic rings. The second kappa shape index (κ2) is 53.2. The number of halogens is 2. The van der Waals surface area contributed by atoms with E-state index < -0.39 is 23.8 Å². The number of alkyl carbamates (subject to hydrolysis) is 2. The molecule has 6 heterocycles. The highest BCUT2D eigenvalue weighted by molar-refractivity contribution is 5.95. The molecule has 5 aromatic heterocycles. The minimum absolute atomic E-state index is 0.000210. The van der Waals surface area contributed by atoms with Crippen molar-refractivity contribution in [1.29, 1.82) is 0 Å². The second-order valence-corrected chi connectivity index (χ2v) is 29.0. The van der Waals surface area contributed by atoms with Crippen molar-refractivity contribution in [3.05, 3.63) is 280 Å². The molecule has 7 aromatic carbocycles. The maximum atomic E-state index is 14.7. The summed E-state index contributed by atoms with van der Waals surface area (Å²) in [6.07, 6.45) is 48.5. The summed E-state index contributed by atoms with van der Waals surface area (Å²) in [5.74, 6) is 14.5. The van der Waals surface area contributed by atoms with E-state index in [0.717, 1.165) is 94.7 Å². The first-order valence-corrected chi connectivity index (χ1v) is 41.8. The highest BCUT2D eigenvalue weighted by Gasteiger charge is 2.36. The molecule has 0 spiro atoms. The molecule has 131 heavy (non-hydrogen) atoms. The van der Waals surface area contributed by atoms with Crippen LogP contribution in [-0.4, -0.2) is 164 Å². The van der Waals surface area contributed by atoms with Crippen LogP contribution < -0.4 is 44.5 Å². The zero-order chi connectivity index (χ0) is 92.6. The zero-order valence-corrected chi connectivity index (χ0v) is 72.2. The van der Waals surface area contributed by atoms with E-state index in [0.29, 0.717) is 87.4 Å². The van der Waals surface area contributed by atoms with Gasteiger partial charge in [0.05, 0.1) is 36.7 Å². The van der Waals surface area contributed by atoms with Crippen LogP contribution in [0.25, 0.3) is 27.8 Å². The lowest BCUT2D eigenvalue weighted by molar-refractivity contribution is -0.134. The van der Waals surface area contributed by atoms with Gasteiger partial charge in [0.25, 0.3) is 17.7 Å². The molecule has 2 aliphatic rings. The largest absolute Gasteiger partial charge is 0.481 e. The number of carbonyl (C=O) groups excluding carboxylic acids is 5. The molecule has 14 rings (SSSR count). The van der Waals surface area contributed by atoms with Crippen LogP contribution in [0.15, 0.2) is 201 Å². The summed E-state index contributed by atoms with van der Waals surface area (Å²) >= 11 is 0. The minimum Gasteiger partial charge on any atom is -0.481 e. The van der Waals surface area contributed by atoms with Gasteiger partial charge < -0.3 is 73.3 Å². The van der Waals surface area contributed by atoms with Crippen LogP contribution in [0.5, 0.6) is 35.0 Å². The predicted molar refractivity (Wildman–Crippen MR) is 490 cm³/mol. The van der Waals surface area contributed by atoms with Crippen molar-refractivity contribution in [2.24, 2.45) is 5.92 Å². The first-order valence-electron chi connectivity index (χ1n) is 41.8. The standard InChI is InChI=1S/C32H32N2O3.C27H25FN4O3.2C16H17N3O3.C10H7FN2O2/c1-3-22-36-28-19-16-27(17-20-28)23-37-34-32(35)21-18-26-14-12-25(13-15-26)8-4-5-9-29-24(2)33-31-11-7-6-10-30(29)31;1-2-15-35-25-21-6-4-3-5-20(21)24(29-30-25)17-18-7-10-23(28)22(16-18)27(34)32-13-11-31(12-14-32)26(33)19-8-9-19;1-2-9-21-15-5-3-13(4-6-15)11-22-16(20)18-8-7-14-10-17-12-19-14;1-2-9-21-15-6-4-3-5-13(15)11-22-16(20)18-8-7-14-10-17-12-19-14;1-3-5-14-9-8(11)7-12-10(13-9)15-6-4-2/h1,6-7,10-21,33H,4-5,8-9,22-23H2,2H3,(H,34,35);1,3-7,10,16,19H,8-9,11-15,17H2;2*1,3-6,10,12H,7-9,11H2,(H,17,19)(H,18,20);1-2,7H,5-6H2/b21-18+;;;;. The summed E-state index contributed by atoms with van der Waals surface area (Å²) in [4.78, 5) is 93.8. The number of amides is 5. The maximum Gasteiger partial charge on any atom is 0.407 e. The molecule has 0 atom stereocenters. The van der Waals surface area contributed by atoms with Crippen LogP contribution in [-0.2, 0) is 75.8 Å². The zero-order valence-electron chi connectivity index (χ0n) is 72.2. The van der Waals surface area contributed by atoms with E-state index in [2.05, 4.69) is 140 Å². The molecule has 1 saturated heterocycles. The van der Waals surface area contributed by atoms with E-state index in [9.17, 15) is 32.8 Å². The quantitative estimate of drug-likeness (QED) is 0.00919. The molecule has 1 saturated carbocycles. The predicted octanol–water partition coefficient (Wildman–Crippen LogP) is 13.8. The smallest absolute Gasteiger partial charge is 0.407 e. The molecule has 6 N–H and O–H groups in total. The number of unbranched alkanes of at least 4 members (excludes halogenated alkanes) is 1. The number of ether oxygens (including phenoxy) is 8. The highest BCUT2D eigenvalue weighted by atomic mass is 19.1. The lowest BCUT2D eigenvalue weighted by Crippen LogP contribution is -2.51. The summed E-state index contributed by atoms with van der Waals surface area (Å²) in [7, 11) is 0. The summed E-state index contributed by atoms with van der Waals surface area (Å²) in [5.41, 5.74) is 14.5. The van der Waals surface area contributed by atoms with Crippen LogP contribution in [0.3, 0.4) is 0 Å². The summed E-state index contributed by atoms with van der Waals surface area (Å²) in [6, 6.07) is 50.7. The average molecular weight is 1770 g/mol. The molecular weight excluding hydrogens is 1670 g/mol. The second-order valence-electron chi connectivity index (χ2n) is 29.0. The van der Waals surface area contributed by atoms with Crippen molar-refractivity contribution < 1.29 is 75.5 Å². The third-order valence-electron chi connectivity index (χ3n) is 19.7. The fraction of sp³-hybridized carbons (Fsp3) is 0.257. The minimum atomic E-state index is -0.710. The monoisotopic (exact) mass is 1770 g/mol. The van der Waals surface area contributed by atoms with Gasteiger partial charge in [0.15, 0.2) is 19.8 Å². The Morgan fingerprint density at radius 1 is 0.527 bits per heavy atom. The van der Waals surface area contributed by atoms with Crippen LogP contribution in [0, 0.1) is 98.5 Å². The summed E-state index contributed by atoms with van der Waals surface area (Å²) < 4.78 is 69.1. The molecular formula is C101H98F2N14O14. The van der Waals surface area contributed by atoms with Gasteiger partial charge >= 0.3 is 18.2 Å².